The Morgan fingerprint density at radius 1 is 1.10 bits per heavy atom. The lowest BCUT2D eigenvalue weighted by molar-refractivity contribution is 0.0773. The number of allylic oxidation sites excluding steroid dienone is 2. The fraction of sp³-hybridized carbons (Fsp3) is 0.375. The smallest absolute Gasteiger partial charge is 0.412 e. The molecule has 0 radical (unpaired) electrons. The van der Waals surface area contributed by atoms with E-state index in [1.54, 1.807) is 0 Å². The predicted molar refractivity (Wildman–Crippen MR) is 148 cm³/mol. The molecule has 0 bridgehead atoms. The van der Waals surface area contributed by atoms with Crippen molar-refractivity contribution in [2.24, 2.45) is 0 Å². The molecule has 1 amide bonds. The zero-order valence-electron chi connectivity index (χ0n) is 22.1. The first-order chi connectivity index (χ1) is 19.1. The molecule has 2 aromatic rings. The van der Waals surface area contributed by atoms with Crippen molar-refractivity contribution in [3.05, 3.63) is 94.8 Å². The minimum atomic E-state index is -0.504. The number of carbonyl (C=O) groups excluding carboxylic acids is 1. The highest BCUT2D eigenvalue weighted by Crippen LogP contribution is 2.48. The maximum Gasteiger partial charge on any atom is 0.412 e. The molecule has 2 aliphatic heterocycles. The maximum absolute atomic E-state index is 12.5. The second kappa shape index (κ2) is 11.0. The standard InChI is InChI=1S/C32H33N3O4/c1-21(22-6-3-2-4-7-22)38-32(36)34-24-12-10-23(11-13-24)31-29(19-33)28-15-14-26(39-27-16-17-37-20-27)18-30(28)35(31)25-8-5-9-25/h2-4,6-7,10-15,21,25,27,30H,5,8-9,16-18,20H2,1H3,(H,34,36). The van der Waals surface area contributed by atoms with Gasteiger partial charge >= 0.3 is 6.09 Å². The number of nitrogens with one attached hydrogen (secondary N) is 1. The first kappa shape index (κ1) is 25.3. The van der Waals surface area contributed by atoms with Crippen molar-refractivity contribution < 1.29 is 19.0 Å². The molecule has 2 heterocycles. The van der Waals surface area contributed by atoms with Gasteiger partial charge in [0.05, 0.1) is 36.3 Å². The number of nitrogens with zero attached hydrogens (tertiary/aromatic N) is 2. The number of rotatable bonds is 7. The van der Waals surface area contributed by atoms with Gasteiger partial charge in [0.1, 0.15) is 18.3 Å². The minimum absolute atomic E-state index is 0.0922. The van der Waals surface area contributed by atoms with E-state index in [0.29, 0.717) is 18.3 Å². The Labute approximate surface area is 229 Å². The van der Waals surface area contributed by atoms with Gasteiger partial charge in [-0.15, -0.1) is 0 Å². The summed E-state index contributed by atoms with van der Waals surface area (Å²) in [7, 11) is 0. The van der Waals surface area contributed by atoms with E-state index in [9.17, 15) is 10.1 Å². The number of fused-ring (bicyclic) bond motifs is 1. The van der Waals surface area contributed by atoms with Gasteiger partial charge in [0.25, 0.3) is 0 Å². The van der Waals surface area contributed by atoms with E-state index in [1.165, 1.54) is 6.42 Å². The minimum Gasteiger partial charge on any atom is -0.492 e. The van der Waals surface area contributed by atoms with Gasteiger partial charge in [-0.25, -0.2) is 4.79 Å². The molecule has 4 aliphatic rings. The molecule has 200 valence electrons. The molecule has 0 spiro atoms. The van der Waals surface area contributed by atoms with Crippen molar-refractivity contribution in [2.75, 3.05) is 18.5 Å². The Bertz CT molecular complexity index is 1350. The summed E-state index contributed by atoms with van der Waals surface area (Å²) in [6, 6.07) is 20.3. The zero-order valence-corrected chi connectivity index (χ0v) is 22.1. The van der Waals surface area contributed by atoms with Crippen LogP contribution < -0.4 is 5.32 Å². The molecule has 1 saturated carbocycles. The molecule has 3 unspecified atom stereocenters. The number of ether oxygens (including phenoxy) is 3. The number of nitriles is 1. The highest BCUT2D eigenvalue weighted by molar-refractivity contribution is 5.86. The van der Waals surface area contributed by atoms with Gasteiger partial charge < -0.3 is 19.1 Å². The van der Waals surface area contributed by atoms with Crippen LogP contribution in [-0.4, -0.2) is 42.4 Å². The lowest BCUT2D eigenvalue weighted by atomic mass is 9.88. The number of anilines is 1. The van der Waals surface area contributed by atoms with E-state index >= 15 is 0 Å². The van der Waals surface area contributed by atoms with E-state index in [2.05, 4.69) is 22.4 Å². The second-order valence-corrected chi connectivity index (χ2v) is 10.6. The summed E-state index contributed by atoms with van der Waals surface area (Å²) >= 11 is 0. The highest BCUT2D eigenvalue weighted by Gasteiger charge is 2.43. The van der Waals surface area contributed by atoms with Crippen LogP contribution in [0.1, 0.15) is 56.3 Å². The van der Waals surface area contributed by atoms with Gasteiger partial charge in [-0.1, -0.05) is 48.5 Å². The Morgan fingerprint density at radius 3 is 2.56 bits per heavy atom. The Balaban J connectivity index is 1.20. The fourth-order valence-electron chi connectivity index (χ4n) is 5.81. The Hall–Kier alpha value is -4.02. The zero-order chi connectivity index (χ0) is 26.8. The van der Waals surface area contributed by atoms with Crippen molar-refractivity contribution in [3.63, 3.8) is 0 Å². The predicted octanol–water partition coefficient (Wildman–Crippen LogP) is 6.49. The Morgan fingerprint density at radius 2 is 1.90 bits per heavy atom. The molecule has 6 rings (SSSR count). The topological polar surface area (TPSA) is 83.8 Å². The first-order valence-electron chi connectivity index (χ1n) is 13.8. The molecule has 2 aliphatic carbocycles. The van der Waals surface area contributed by atoms with Crippen LogP contribution >= 0.6 is 0 Å². The molecule has 7 heteroatoms. The van der Waals surface area contributed by atoms with Crippen LogP contribution in [0.15, 0.2) is 83.7 Å². The average molecular weight is 524 g/mol. The Kier molecular flexibility index (Phi) is 7.12. The molecule has 1 N–H and O–H groups in total. The van der Waals surface area contributed by atoms with E-state index < -0.39 is 6.09 Å². The van der Waals surface area contributed by atoms with Crippen molar-refractivity contribution in [2.45, 2.75) is 63.3 Å². The number of carbonyl (C=O) groups is 1. The summed E-state index contributed by atoms with van der Waals surface area (Å²) in [6.07, 6.45) is 8.44. The second-order valence-electron chi connectivity index (χ2n) is 10.6. The van der Waals surface area contributed by atoms with E-state index in [-0.39, 0.29) is 18.2 Å². The summed E-state index contributed by atoms with van der Waals surface area (Å²) in [5.41, 5.74) is 5.31. The lowest BCUT2D eigenvalue weighted by Crippen LogP contribution is -2.44. The van der Waals surface area contributed by atoms with E-state index in [4.69, 9.17) is 14.2 Å². The summed E-state index contributed by atoms with van der Waals surface area (Å²) in [4.78, 5) is 15.0. The third-order valence-corrected chi connectivity index (χ3v) is 8.07. The maximum atomic E-state index is 12.5. The third-order valence-electron chi connectivity index (χ3n) is 8.07. The van der Waals surface area contributed by atoms with Crippen molar-refractivity contribution in [3.8, 4) is 6.07 Å². The molecular formula is C32H33N3O4. The third kappa shape index (κ3) is 5.17. The molecule has 0 aromatic heterocycles. The molecule has 39 heavy (non-hydrogen) atoms. The molecular weight excluding hydrogens is 490 g/mol. The number of benzene rings is 2. The average Bonchev–Trinajstić information content (AvgIpc) is 3.54. The summed E-state index contributed by atoms with van der Waals surface area (Å²) in [6.45, 7) is 3.23. The molecule has 7 nitrogen and oxygen atoms in total. The van der Waals surface area contributed by atoms with Crippen molar-refractivity contribution in [1.29, 1.82) is 5.26 Å². The van der Waals surface area contributed by atoms with Gasteiger partial charge in [-0.05, 0) is 61.1 Å². The van der Waals surface area contributed by atoms with Crippen LogP contribution in [0, 0.1) is 11.3 Å². The number of hydrogen-bond acceptors (Lipinski definition) is 6. The highest BCUT2D eigenvalue weighted by atomic mass is 16.6. The summed E-state index contributed by atoms with van der Waals surface area (Å²) in [5.74, 6) is 0.963. The van der Waals surface area contributed by atoms with Crippen molar-refractivity contribution >= 4 is 17.5 Å². The van der Waals surface area contributed by atoms with Crippen LogP contribution in [0.25, 0.3) is 5.70 Å². The number of hydrogen-bond donors (Lipinski definition) is 1. The largest absolute Gasteiger partial charge is 0.492 e. The SMILES string of the molecule is CC(OC(=O)Nc1ccc(C2=C(C#N)C3=CC=C(OC4CCOC4)CC3N2C2CCC2)cc1)c1ccccc1. The van der Waals surface area contributed by atoms with Gasteiger partial charge in [-0.2, -0.15) is 5.26 Å². The van der Waals surface area contributed by atoms with Gasteiger partial charge in [0, 0.05) is 24.6 Å². The molecule has 2 aromatic carbocycles. The molecule has 1 saturated heterocycles. The van der Waals surface area contributed by atoms with Crippen molar-refractivity contribution in [1.82, 2.24) is 4.90 Å². The van der Waals surface area contributed by atoms with Crippen LogP contribution in [0.5, 0.6) is 0 Å². The van der Waals surface area contributed by atoms with Gasteiger partial charge in [0.2, 0.25) is 0 Å². The van der Waals surface area contributed by atoms with Crippen LogP contribution in [0.3, 0.4) is 0 Å². The van der Waals surface area contributed by atoms with E-state index in [1.807, 2.05) is 67.6 Å². The quantitative estimate of drug-likeness (QED) is 0.447. The first-order valence-corrected chi connectivity index (χ1v) is 13.8. The lowest BCUT2D eigenvalue weighted by Gasteiger charge is -2.43. The van der Waals surface area contributed by atoms with Gasteiger partial charge in [0.15, 0.2) is 0 Å². The molecule has 3 atom stereocenters. The molecule has 2 fully saturated rings. The van der Waals surface area contributed by atoms with Crippen LogP contribution in [-0.2, 0) is 14.2 Å². The summed E-state index contributed by atoms with van der Waals surface area (Å²) < 4.78 is 17.3. The monoisotopic (exact) mass is 523 g/mol. The van der Waals surface area contributed by atoms with Gasteiger partial charge in [-0.3, -0.25) is 5.32 Å². The number of amides is 1. The fourth-order valence-corrected chi connectivity index (χ4v) is 5.81. The van der Waals surface area contributed by atoms with E-state index in [0.717, 1.165) is 66.0 Å². The summed E-state index contributed by atoms with van der Waals surface area (Å²) in [5, 5.41) is 13.1. The van der Waals surface area contributed by atoms with Crippen LogP contribution in [0.4, 0.5) is 10.5 Å². The van der Waals surface area contributed by atoms with Crippen LogP contribution in [0.2, 0.25) is 0 Å². The normalized spacial score (nSPS) is 23.2.